The Balaban J connectivity index is 1.44. The van der Waals surface area contributed by atoms with Crippen LogP contribution < -0.4 is 15.4 Å². The monoisotopic (exact) mass is 485 g/mol. The van der Waals surface area contributed by atoms with Gasteiger partial charge in [-0.15, -0.1) is 0 Å². The number of carbonyl (C=O) groups excluding carboxylic acids is 1. The molecule has 1 aliphatic rings. The minimum absolute atomic E-state index is 0.150. The molecule has 0 spiro atoms. The number of anilines is 2. The van der Waals surface area contributed by atoms with E-state index in [1.165, 1.54) is 23.9 Å². The summed E-state index contributed by atoms with van der Waals surface area (Å²) in [4.78, 5) is 22.2. The average Bonchev–Trinajstić information content (AvgIpc) is 3.57. The van der Waals surface area contributed by atoms with E-state index in [2.05, 4.69) is 25.3 Å². The van der Waals surface area contributed by atoms with Crippen LogP contribution in [0.2, 0.25) is 0 Å². The van der Waals surface area contributed by atoms with Crippen molar-refractivity contribution < 1.29 is 13.2 Å². The van der Waals surface area contributed by atoms with Gasteiger partial charge in [0.2, 0.25) is 15.9 Å². The van der Waals surface area contributed by atoms with Gasteiger partial charge in [0.1, 0.15) is 5.82 Å². The summed E-state index contributed by atoms with van der Waals surface area (Å²) in [7, 11) is -3.58. The maximum absolute atomic E-state index is 12.7. The number of aromatic nitrogens is 2. The lowest BCUT2D eigenvalue weighted by molar-refractivity contribution is -0.115. The minimum Gasteiger partial charge on any atom is -0.367 e. The van der Waals surface area contributed by atoms with Gasteiger partial charge in [0.15, 0.2) is 5.16 Å². The van der Waals surface area contributed by atoms with Crippen LogP contribution in [0.4, 0.5) is 11.5 Å². The molecule has 1 unspecified atom stereocenters. The molecule has 1 fully saturated rings. The molecule has 0 saturated heterocycles. The maximum atomic E-state index is 12.7. The highest BCUT2D eigenvalue weighted by molar-refractivity contribution is 8.00. The normalized spacial score (nSPS) is 14.9. The number of carbonyl (C=O) groups is 1. The molecule has 2 aromatic carbocycles. The zero-order chi connectivity index (χ0) is 23.6. The summed E-state index contributed by atoms with van der Waals surface area (Å²) in [5.41, 5.74) is 1.35. The number of thioether (sulfide) groups is 1. The lowest BCUT2D eigenvalue weighted by Gasteiger charge is -2.14. The van der Waals surface area contributed by atoms with Crippen molar-refractivity contribution in [3.63, 3.8) is 0 Å². The van der Waals surface area contributed by atoms with Crippen molar-refractivity contribution in [1.82, 2.24) is 14.7 Å². The third-order valence-electron chi connectivity index (χ3n) is 4.98. The predicted molar refractivity (Wildman–Crippen MR) is 132 cm³/mol. The lowest BCUT2D eigenvalue weighted by Crippen LogP contribution is -2.30. The Morgan fingerprint density at radius 3 is 2.39 bits per heavy atom. The van der Waals surface area contributed by atoms with Crippen LogP contribution in [0.15, 0.2) is 58.6 Å². The molecule has 33 heavy (non-hydrogen) atoms. The number of amides is 1. The summed E-state index contributed by atoms with van der Waals surface area (Å²) in [6.07, 6.45) is 2.26. The van der Waals surface area contributed by atoms with E-state index in [-0.39, 0.29) is 16.8 Å². The second-order valence-electron chi connectivity index (χ2n) is 8.34. The molecule has 8 nitrogen and oxygen atoms in total. The zero-order valence-electron chi connectivity index (χ0n) is 18.7. The molecule has 174 valence electrons. The van der Waals surface area contributed by atoms with E-state index >= 15 is 0 Å². The zero-order valence-corrected chi connectivity index (χ0v) is 20.3. The van der Waals surface area contributed by atoms with E-state index < -0.39 is 15.3 Å². The summed E-state index contributed by atoms with van der Waals surface area (Å²) in [5, 5.41) is 7.32. The van der Waals surface area contributed by atoms with Crippen LogP contribution >= 0.6 is 11.8 Å². The first kappa shape index (κ1) is 23.5. The fraction of sp³-hybridized carbons (Fsp3) is 0.348. The average molecular weight is 486 g/mol. The fourth-order valence-corrected chi connectivity index (χ4v) is 5.22. The van der Waals surface area contributed by atoms with Crippen LogP contribution in [-0.4, -0.2) is 41.6 Å². The predicted octanol–water partition coefficient (Wildman–Crippen LogP) is 4.01. The summed E-state index contributed by atoms with van der Waals surface area (Å²) in [5.74, 6) is 0.578. The van der Waals surface area contributed by atoms with Crippen molar-refractivity contribution in [1.29, 1.82) is 0 Å². The minimum atomic E-state index is -3.58. The molecular formula is C23H27N5O3S2. The number of nitrogens with zero attached hydrogens (tertiary/aromatic N) is 2. The maximum Gasteiger partial charge on any atom is 0.240 e. The smallest absolute Gasteiger partial charge is 0.240 e. The standard InChI is InChI=1S/C23H27N5O3S2/c1-14(2)28-33(30,31)18-12-10-17(11-13-18)25-22(29)15(3)32-23-26-20-7-5-4-6-19(20)21(27-23)24-16-8-9-16/h4-7,10-16,28H,8-9H2,1-3H3,(H,25,29)(H,24,26,27). The van der Waals surface area contributed by atoms with Gasteiger partial charge >= 0.3 is 0 Å². The highest BCUT2D eigenvalue weighted by atomic mass is 32.2. The molecule has 10 heteroatoms. The molecule has 1 aliphatic carbocycles. The van der Waals surface area contributed by atoms with E-state index in [4.69, 9.17) is 0 Å². The van der Waals surface area contributed by atoms with E-state index in [1.54, 1.807) is 32.9 Å². The molecule has 4 rings (SSSR count). The number of para-hydroxylation sites is 1. The molecule has 0 bridgehead atoms. The van der Waals surface area contributed by atoms with Gasteiger partial charge in [-0.3, -0.25) is 4.79 Å². The summed E-state index contributed by atoms with van der Waals surface area (Å²) in [6.45, 7) is 5.31. The Morgan fingerprint density at radius 2 is 1.73 bits per heavy atom. The number of rotatable bonds is 9. The van der Waals surface area contributed by atoms with Gasteiger partial charge in [-0.2, -0.15) is 0 Å². The number of hydrogen-bond acceptors (Lipinski definition) is 7. The molecule has 3 aromatic rings. The number of nitrogens with one attached hydrogen (secondary N) is 3. The van der Waals surface area contributed by atoms with Crippen LogP contribution in [0.5, 0.6) is 0 Å². The van der Waals surface area contributed by atoms with E-state index in [0.717, 1.165) is 29.6 Å². The number of sulfonamides is 1. The van der Waals surface area contributed by atoms with Gasteiger partial charge in [0.25, 0.3) is 0 Å². The van der Waals surface area contributed by atoms with Crippen molar-refractivity contribution >= 4 is 50.1 Å². The lowest BCUT2D eigenvalue weighted by atomic mass is 10.2. The SMILES string of the molecule is CC(C)NS(=O)(=O)c1ccc(NC(=O)C(C)Sc2nc(NC3CC3)c3ccccc3n2)cc1. The third-order valence-corrected chi connectivity index (χ3v) is 7.61. The molecular weight excluding hydrogens is 458 g/mol. The molecule has 1 atom stereocenters. The molecule has 1 aromatic heterocycles. The Bertz CT molecular complexity index is 1260. The third kappa shape index (κ3) is 6.01. The van der Waals surface area contributed by atoms with Crippen LogP contribution in [0.1, 0.15) is 33.6 Å². The van der Waals surface area contributed by atoms with E-state index in [1.807, 2.05) is 24.3 Å². The van der Waals surface area contributed by atoms with E-state index in [0.29, 0.717) is 16.9 Å². The van der Waals surface area contributed by atoms with Crippen LogP contribution in [-0.2, 0) is 14.8 Å². The van der Waals surface area contributed by atoms with Crippen LogP contribution in [0.25, 0.3) is 10.9 Å². The Kier molecular flexibility index (Phi) is 6.87. The fourth-order valence-electron chi connectivity index (χ4n) is 3.19. The molecule has 3 N–H and O–H groups in total. The van der Waals surface area contributed by atoms with Crippen molar-refractivity contribution in [2.75, 3.05) is 10.6 Å². The van der Waals surface area contributed by atoms with Gasteiger partial charge in [0.05, 0.1) is 15.7 Å². The first-order valence-corrected chi connectivity index (χ1v) is 13.2. The number of hydrogen-bond donors (Lipinski definition) is 3. The molecule has 1 amide bonds. The second-order valence-corrected chi connectivity index (χ2v) is 11.4. The second kappa shape index (κ2) is 9.66. The number of fused-ring (bicyclic) bond motifs is 1. The topological polar surface area (TPSA) is 113 Å². The highest BCUT2D eigenvalue weighted by Crippen LogP contribution is 2.31. The van der Waals surface area contributed by atoms with E-state index in [9.17, 15) is 13.2 Å². The van der Waals surface area contributed by atoms with Crippen molar-refractivity contribution in [3.8, 4) is 0 Å². The summed E-state index contributed by atoms with van der Waals surface area (Å²) in [6, 6.07) is 14.2. The molecule has 0 radical (unpaired) electrons. The summed E-state index contributed by atoms with van der Waals surface area (Å²) < 4.78 is 27.1. The Hall–Kier alpha value is -2.69. The first-order chi connectivity index (χ1) is 15.7. The van der Waals surface area contributed by atoms with Crippen LogP contribution in [0, 0.1) is 0 Å². The van der Waals surface area contributed by atoms with Crippen molar-refractivity contribution in [3.05, 3.63) is 48.5 Å². The molecule has 1 heterocycles. The van der Waals surface area contributed by atoms with Gasteiger partial charge in [-0.05, 0) is 70.0 Å². The largest absolute Gasteiger partial charge is 0.367 e. The molecule has 0 aliphatic heterocycles. The molecule has 1 saturated carbocycles. The summed E-state index contributed by atoms with van der Waals surface area (Å²) >= 11 is 1.28. The van der Waals surface area contributed by atoms with Crippen molar-refractivity contribution in [2.45, 2.75) is 61.0 Å². The first-order valence-electron chi connectivity index (χ1n) is 10.8. The van der Waals surface area contributed by atoms with Gasteiger partial charge in [0, 0.05) is 23.2 Å². The van der Waals surface area contributed by atoms with Crippen LogP contribution in [0.3, 0.4) is 0 Å². The quantitative estimate of drug-likeness (QED) is 0.310. The Morgan fingerprint density at radius 1 is 1.03 bits per heavy atom. The highest BCUT2D eigenvalue weighted by Gasteiger charge is 2.24. The Labute approximate surface area is 198 Å². The number of benzene rings is 2. The van der Waals surface area contributed by atoms with Crippen molar-refractivity contribution in [2.24, 2.45) is 0 Å². The van der Waals surface area contributed by atoms with Gasteiger partial charge < -0.3 is 10.6 Å². The van der Waals surface area contributed by atoms with Gasteiger partial charge in [-0.25, -0.2) is 23.1 Å². The van der Waals surface area contributed by atoms with Gasteiger partial charge in [-0.1, -0.05) is 23.9 Å².